The molecule has 1 saturated heterocycles. The molecule has 1 amide bonds. The molecule has 1 aromatic heterocycles. The van der Waals surface area contributed by atoms with Gasteiger partial charge in [0.05, 0.1) is 0 Å². The first-order valence-electron chi connectivity index (χ1n) is 6.40. The summed E-state index contributed by atoms with van der Waals surface area (Å²) in [4.78, 5) is 17.9. The van der Waals surface area contributed by atoms with Crippen LogP contribution in [0.5, 0.6) is 0 Å². The Kier molecular flexibility index (Phi) is 3.93. The second kappa shape index (κ2) is 5.32. The minimum Gasteiger partial charge on any atom is -0.338 e. The Labute approximate surface area is 113 Å². The summed E-state index contributed by atoms with van der Waals surface area (Å²) in [7, 11) is -3.40. The van der Waals surface area contributed by atoms with Crippen molar-refractivity contribution in [3.8, 4) is 0 Å². The summed E-state index contributed by atoms with van der Waals surface area (Å²) in [6, 6.07) is 0.228. The second-order valence-corrected chi connectivity index (χ2v) is 6.95. The molecule has 6 nitrogen and oxygen atoms in total. The van der Waals surface area contributed by atoms with E-state index >= 15 is 0 Å². The van der Waals surface area contributed by atoms with E-state index in [1.807, 2.05) is 11.8 Å². The average molecular weight is 285 g/mol. The van der Waals surface area contributed by atoms with Crippen LogP contribution in [0, 0.1) is 0 Å². The Morgan fingerprint density at radius 1 is 1.47 bits per heavy atom. The highest BCUT2D eigenvalue weighted by Crippen LogP contribution is 2.17. The normalized spacial score (nSPS) is 20.5. The zero-order chi connectivity index (χ0) is 14.0. The fourth-order valence-corrected chi connectivity index (χ4v) is 3.25. The van der Waals surface area contributed by atoms with Crippen LogP contribution in [-0.2, 0) is 21.2 Å². The van der Waals surface area contributed by atoms with Crippen LogP contribution in [0.3, 0.4) is 0 Å². The Balaban J connectivity index is 2.13. The van der Waals surface area contributed by atoms with Crippen LogP contribution in [-0.4, -0.2) is 47.6 Å². The van der Waals surface area contributed by atoms with Crippen LogP contribution in [0.15, 0.2) is 17.6 Å². The van der Waals surface area contributed by atoms with Crippen molar-refractivity contribution in [2.45, 2.75) is 43.9 Å². The third-order valence-corrected chi connectivity index (χ3v) is 4.44. The second-order valence-electron chi connectivity index (χ2n) is 5.04. The number of nitrogens with zero attached hydrogens (tertiary/aromatic N) is 3. The quantitative estimate of drug-likeness (QED) is 0.819. The molecule has 0 aromatic carbocycles. The zero-order valence-corrected chi connectivity index (χ0v) is 12.1. The van der Waals surface area contributed by atoms with Crippen molar-refractivity contribution >= 4 is 15.7 Å². The van der Waals surface area contributed by atoms with E-state index < -0.39 is 9.84 Å². The predicted octanol–water partition coefficient (Wildman–Crippen LogP) is 0.688. The van der Waals surface area contributed by atoms with E-state index in [2.05, 4.69) is 4.98 Å². The summed E-state index contributed by atoms with van der Waals surface area (Å²) in [6.45, 7) is 2.82. The molecule has 1 aliphatic heterocycles. The first-order chi connectivity index (χ1) is 8.89. The van der Waals surface area contributed by atoms with Gasteiger partial charge in [-0.2, -0.15) is 0 Å². The minimum absolute atomic E-state index is 0.0345. The predicted molar refractivity (Wildman–Crippen MR) is 70.4 cm³/mol. The molecule has 2 heterocycles. The molecule has 1 aliphatic rings. The van der Waals surface area contributed by atoms with E-state index in [1.54, 1.807) is 0 Å². The summed E-state index contributed by atoms with van der Waals surface area (Å²) in [5, 5.41) is -0.0505. The molecule has 7 heteroatoms. The molecular weight excluding hydrogens is 266 g/mol. The van der Waals surface area contributed by atoms with Crippen LogP contribution in [0.25, 0.3) is 0 Å². The summed E-state index contributed by atoms with van der Waals surface area (Å²) >= 11 is 0. The third kappa shape index (κ3) is 3.15. The maximum Gasteiger partial charge on any atom is 0.242 e. The highest BCUT2D eigenvalue weighted by atomic mass is 32.2. The number of imidazole rings is 1. The third-order valence-electron chi connectivity index (χ3n) is 3.44. The number of carbonyl (C=O) groups excluding carboxylic acids is 1. The van der Waals surface area contributed by atoms with Crippen LogP contribution in [0.4, 0.5) is 0 Å². The minimum atomic E-state index is -3.40. The van der Waals surface area contributed by atoms with E-state index in [0.717, 1.165) is 32.1 Å². The molecule has 0 saturated carbocycles. The SMILES string of the molecule is C[C@@H]1CCCCN1C(=O)Cn1ccnc1S(C)(=O)=O. The number of piperidine rings is 1. The van der Waals surface area contributed by atoms with Gasteiger partial charge in [0.2, 0.25) is 20.9 Å². The van der Waals surface area contributed by atoms with Crippen molar-refractivity contribution in [2.75, 3.05) is 12.8 Å². The van der Waals surface area contributed by atoms with Crippen molar-refractivity contribution in [2.24, 2.45) is 0 Å². The van der Waals surface area contributed by atoms with Gasteiger partial charge >= 0.3 is 0 Å². The lowest BCUT2D eigenvalue weighted by Gasteiger charge is -2.33. The van der Waals surface area contributed by atoms with E-state index in [1.165, 1.54) is 17.0 Å². The highest BCUT2D eigenvalue weighted by molar-refractivity contribution is 7.90. The van der Waals surface area contributed by atoms with Gasteiger partial charge in [-0.05, 0) is 26.2 Å². The Morgan fingerprint density at radius 3 is 2.84 bits per heavy atom. The Bertz CT molecular complexity index is 565. The monoisotopic (exact) mass is 285 g/mol. The van der Waals surface area contributed by atoms with Crippen molar-refractivity contribution in [3.05, 3.63) is 12.4 Å². The van der Waals surface area contributed by atoms with Gasteiger partial charge in [0.1, 0.15) is 6.54 Å². The first-order valence-corrected chi connectivity index (χ1v) is 8.29. The van der Waals surface area contributed by atoms with Gasteiger partial charge in [-0.1, -0.05) is 0 Å². The number of likely N-dealkylation sites (tertiary alicyclic amines) is 1. The smallest absolute Gasteiger partial charge is 0.242 e. The molecule has 1 aromatic rings. The van der Waals surface area contributed by atoms with Crippen LogP contribution < -0.4 is 0 Å². The maximum absolute atomic E-state index is 12.2. The lowest BCUT2D eigenvalue weighted by molar-refractivity contribution is -0.135. The van der Waals surface area contributed by atoms with Crippen LogP contribution in [0.2, 0.25) is 0 Å². The fourth-order valence-electron chi connectivity index (χ4n) is 2.45. The number of aromatic nitrogens is 2. The highest BCUT2D eigenvalue weighted by Gasteiger charge is 2.24. The van der Waals surface area contributed by atoms with Gasteiger partial charge in [0.15, 0.2) is 0 Å². The number of hydrogen-bond acceptors (Lipinski definition) is 4. The van der Waals surface area contributed by atoms with Crippen molar-refractivity contribution in [1.29, 1.82) is 0 Å². The lowest BCUT2D eigenvalue weighted by atomic mass is 10.0. The topological polar surface area (TPSA) is 72.3 Å². The average Bonchev–Trinajstić information content (AvgIpc) is 2.77. The van der Waals surface area contributed by atoms with E-state index in [9.17, 15) is 13.2 Å². The van der Waals surface area contributed by atoms with Gasteiger partial charge in [-0.3, -0.25) is 4.79 Å². The van der Waals surface area contributed by atoms with Gasteiger partial charge < -0.3 is 9.47 Å². The maximum atomic E-state index is 12.2. The molecule has 0 spiro atoms. The molecule has 19 heavy (non-hydrogen) atoms. The molecule has 106 valence electrons. The van der Waals surface area contributed by atoms with Crippen LogP contribution in [0.1, 0.15) is 26.2 Å². The zero-order valence-electron chi connectivity index (χ0n) is 11.2. The van der Waals surface area contributed by atoms with E-state index in [4.69, 9.17) is 0 Å². The van der Waals surface area contributed by atoms with Gasteiger partial charge in [-0.25, -0.2) is 13.4 Å². The number of rotatable bonds is 3. The molecule has 1 fully saturated rings. The number of amides is 1. The molecule has 0 bridgehead atoms. The number of hydrogen-bond donors (Lipinski definition) is 0. The standard InChI is InChI=1S/C12H19N3O3S/c1-10-5-3-4-7-15(10)11(16)9-14-8-6-13-12(14)19(2,17)18/h6,8,10H,3-5,7,9H2,1-2H3/t10-/m1/s1. The van der Waals surface area contributed by atoms with Gasteiger partial charge in [-0.15, -0.1) is 0 Å². The molecule has 0 radical (unpaired) electrons. The lowest BCUT2D eigenvalue weighted by Crippen LogP contribution is -2.43. The number of sulfone groups is 1. The molecule has 1 atom stereocenters. The Morgan fingerprint density at radius 2 is 2.21 bits per heavy atom. The molecule has 0 N–H and O–H groups in total. The van der Waals surface area contributed by atoms with E-state index in [-0.39, 0.29) is 23.7 Å². The molecular formula is C12H19N3O3S. The molecule has 2 rings (SSSR count). The van der Waals surface area contributed by atoms with Crippen LogP contribution >= 0.6 is 0 Å². The van der Waals surface area contributed by atoms with Crippen molar-refractivity contribution in [3.63, 3.8) is 0 Å². The largest absolute Gasteiger partial charge is 0.338 e. The Hall–Kier alpha value is -1.37. The van der Waals surface area contributed by atoms with Crippen molar-refractivity contribution in [1.82, 2.24) is 14.5 Å². The summed E-state index contributed by atoms with van der Waals surface area (Å²) in [5.74, 6) is -0.0462. The summed E-state index contributed by atoms with van der Waals surface area (Å²) in [5.41, 5.74) is 0. The van der Waals surface area contributed by atoms with Gasteiger partial charge in [0.25, 0.3) is 0 Å². The molecule has 0 unspecified atom stereocenters. The fraction of sp³-hybridized carbons (Fsp3) is 0.667. The first kappa shape index (κ1) is 14.0. The van der Waals surface area contributed by atoms with E-state index in [0.29, 0.717) is 0 Å². The van der Waals surface area contributed by atoms with Gasteiger partial charge in [0, 0.05) is 31.2 Å². The summed E-state index contributed by atoms with van der Waals surface area (Å²) < 4.78 is 24.5. The molecule has 0 aliphatic carbocycles. The number of carbonyl (C=O) groups is 1. The van der Waals surface area contributed by atoms with Crippen molar-refractivity contribution < 1.29 is 13.2 Å². The summed E-state index contributed by atoms with van der Waals surface area (Å²) in [6.07, 6.45) is 7.20.